The van der Waals surface area contributed by atoms with Gasteiger partial charge in [-0.05, 0) is 174 Å². The molecule has 0 radical (unpaired) electrons. The maximum atomic E-state index is 15.6. The van der Waals surface area contributed by atoms with Crippen LogP contribution in [0.25, 0.3) is 0 Å². The number of allylic oxidation sites excluding steroid dienone is 3. The first kappa shape index (κ1) is 52.2. The van der Waals surface area contributed by atoms with Crippen molar-refractivity contribution in [3.63, 3.8) is 0 Å². The van der Waals surface area contributed by atoms with Gasteiger partial charge in [0.1, 0.15) is 6.23 Å². The second-order valence-corrected chi connectivity index (χ2v) is 30.2. The summed E-state index contributed by atoms with van der Waals surface area (Å²) in [5.74, 6) is -0.460. The van der Waals surface area contributed by atoms with Crippen molar-refractivity contribution in [3.05, 3.63) is 52.7 Å². The van der Waals surface area contributed by atoms with Crippen molar-refractivity contribution in [1.82, 2.24) is 20.2 Å². The Balaban J connectivity index is 1.07. The summed E-state index contributed by atoms with van der Waals surface area (Å²) in [4.78, 5) is 25.4. The van der Waals surface area contributed by atoms with Crippen LogP contribution in [-0.2, 0) is 4.79 Å². The summed E-state index contributed by atoms with van der Waals surface area (Å²) < 4.78 is 2.32. The summed E-state index contributed by atoms with van der Waals surface area (Å²) >= 11 is 0. The lowest BCUT2D eigenvalue weighted by molar-refractivity contribution is -0.257. The minimum absolute atomic E-state index is 0.100. The van der Waals surface area contributed by atoms with Gasteiger partial charge < -0.3 is 51.6 Å². The molecule has 12 aliphatic rings. The number of hydrogen-bond acceptors (Lipinski definition) is 12. The van der Waals surface area contributed by atoms with Crippen LogP contribution < -0.4 is 16.4 Å². The number of rotatable bonds is 7. The van der Waals surface area contributed by atoms with Gasteiger partial charge in [0.2, 0.25) is 0 Å². The molecule has 1 saturated heterocycles. The molecule has 13 nitrogen and oxygen atoms in total. The number of nitrogens with zero attached hydrogens (tertiary/aromatic N) is 3. The third kappa shape index (κ3) is 7.11. The summed E-state index contributed by atoms with van der Waals surface area (Å²) in [7, 11) is 5.53. The van der Waals surface area contributed by atoms with Crippen LogP contribution in [0.5, 0.6) is 0 Å². The largest absolute Gasteiger partial charge is 0.396 e. The number of aliphatic imine (C=N–C) groups is 1. The van der Waals surface area contributed by atoms with E-state index in [0.717, 1.165) is 63.5 Å². The van der Waals surface area contributed by atoms with E-state index in [0.29, 0.717) is 36.6 Å². The van der Waals surface area contributed by atoms with Crippen LogP contribution >= 0.6 is 21.6 Å². The van der Waals surface area contributed by atoms with E-state index in [9.17, 15) is 25.5 Å². The molecule has 15 heteroatoms. The lowest BCUT2D eigenvalue weighted by Gasteiger charge is -2.73. The smallest absolute Gasteiger partial charge is 0.190 e. The van der Waals surface area contributed by atoms with E-state index in [-0.39, 0.29) is 89.6 Å². The lowest BCUT2D eigenvalue weighted by Crippen LogP contribution is -2.76. The Labute approximate surface area is 453 Å². The van der Waals surface area contributed by atoms with E-state index in [1.54, 1.807) is 29.7 Å². The number of guanidine groups is 1. The number of aliphatic hydroxyl groups is 6. The molecular weight excluding hydrogens is 981 g/mol. The van der Waals surface area contributed by atoms with Crippen LogP contribution in [0.1, 0.15) is 142 Å². The molecule has 1 aliphatic heterocycles. The van der Waals surface area contributed by atoms with Crippen molar-refractivity contribution >= 4 is 33.3 Å². The standard InChI is InChI=1S/C60H88N6O7S2/c1-32(68)65-54(61)64-29-58-19-9-18-57-25-43(70)51(71)39(26-62-4)49(57)42(69)23-41(53(57)58)60(73)33-22-40-46-36(13-14-44(58)59(40,60)30-67)35-10-7-11-37-45(35)47(52(46)72)50(38-12-8-17-56(48(37)38)15-5-6-16-56)55(2,3)24-34(28-75-74-27-33)66-21-20-63-31-66/h20-21,23,31-36,39-40,43-44,46-49,51-53,62,67-68,70-73H,5-19,22,24-30H2,1-4H3,(H3,61,64,65). The minimum atomic E-state index is -1.63. The van der Waals surface area contributed by atoms with E-state index in [1.165, 1.54) is 44.1 Å². The summed E-state index contributed by atoms with van der Waals surface area (Å²) in [6.45, 7) is 6.96. The van der Waals surface area contributed by atoms with E-state index < -0.39 is 64.1 Å². The van der Waals surface area contributed by atoms with Gasteiger partial charge in [-0.15, -0.1) is 0 Å². The zero-order chi connectivity index (χ0) is 52.2. The molecule has 20 atom stereocenters. The first-order valence-corrected chi connectivity index (χ1v) is 32.2. The van der Waals surface area contributed by atoms with Crippen molar-refractivity contribution in [1.29, 1.82) is 0 Å². The number of carbonyl (C=O) groups is 1. The molecule has 0 aromatic carbocycles. The van der Waals surface area contributed by atoms with Gasteiger partial charge in [0.25, 0.3) is 0 Å². The second kappa shape index (κ2) is 18.7. The fourth-order valence-electron chi connectivity index (χ4n) is 22.9. The van der Waals surface area contributed by atoms with Gasteiger partial charge >= 0.3 is 0 Å². The first-order chi connectivity index (χ1) is 36.0. The van der Waals surface area contributed by atoms with E-state index in [1.807, 2.05) is 41.2 Å². The van der Waals surface area contributed by atoms with Crippen LogP contribution in [0, 0.1) is 92.2 Å². The molecule has 9 fully saturated rings. The SMILES string of the molecule is CNCC1C(O)C(O)CC23CCCC4(CN=C(N)NC(C)O)C2C(=CC(=O)C13)C1(O)C2CSSCC(n3ccnc3)CC(C)(C)C3=C5CCCC6(CCCC6)C5C5=C6C(CCC5)C5CCC4C1(CO)C(C2)C5C(O)C63. The second-order valence-electron chi connectivity index (χ2n) is 27.7. The number of fused-ring (bicyclic) bond motifs is 8. The van der Waals surface area contributed by atoms with Gasteiger partial charge in [0.05, 0.1) is 36.8 Å². The Bertz CT molecular complexity index is 2540. The molecule has 0 amide bonds. The van der Waals surface area contributed by atoms with Crippen LogP contribution in [0.3, 0.4) is 0 Å². The number of hydrogen-bond donors (Lipinski definition) is 9. The molecule has 13 rings (SSSR count). The molecule has 1 aromatic rings. The van der Waals surface area contributed by atoms with E-state index in [4.69, 9.17) is 10.7 Å². The van der Waals surface area contributed by atoms with Gasteiger partial charge in [0, 0.05) is 83.5 Å². The highest BCUT2D eigenvalue weighted by Crippen LogP contribution is 2.82. The number of nitrogens with two attached hydrogens (primary N) is 1. The number of imidazole rings is 1. The van der Waals surface area contributed by atoms with Crippen LogP contribution in [0.2, 0.25) is 0 Å². The first-order valence-electron chi connectivity index (χ1n) is 29.7. The molecule has 2 spiro atoms. The molecular formula is C60H88N6O7S2. The van der Waals surface area contributed by atoms with Crippen LogP contribution in [0.15, 0.2) is 57.7 Å². The Morgan fingerprint density at radius 1 is 0.973 bits per heavy atom. The van der Waals surface area contributed by atoms with Gasteiger partial charge in [-0.1, -0.05) is 77.0 Å². The highest BCUT2D eigenvalue weighted by atomic mass is 33.1. The Morgan fingerprint density at radius 2 is 1.75 bits per heavy atom. The molecule has 2 heterocycles. The monoisotopic (exact) mass is 1070 g/mol. The molecule has 4 bridgehead atoms. The van der Waals surface area contributed by atoms with Crippen molar-refractivity contribution < 1.29 is 35.4 Å². The average Bonchev–Trinajstić information content (AvgIpc) is 4.36. The zero-order valence-electron chi connectivity index (χ0n) is 45.1. The normalized spacial score (nSPS) is 47.8. The van der Waals surface area contributed by atoms with E-state index in [2.05, 4.69) is 40.2 Å². The predicted molar refractivity (Wildman–Crippen MR) is 294 cm³/mol. The molecule has 412 valence electrons. The summed E-state index contributed by atoms with van der Waals surface area (Å²) in [6, 6.07) is 0.141. The number of ketones is 1. The third-order valence-electron chi connectivity index (χ3n) is 24.5. The summed E-state index contributed by atoms with van der Waals surface area (Å²) in [5, 5.41) is 83.6. The Morgan fingerprint density at radius 3 is 2.49 bits per heavy atom. The number of carbonyl (C=O) groups excluding carboxylic acids is 1. The fraction of sp³-hybridized carbons (Fsp3) is 0.817. The zero-order valence-corrected chi connectivity index (χ0v) is 46.8. The van der Waals surface area contributed by atoms with Gasteiger partial charge in [-0.3, -0.25) is 9.79 Å². The van der Waals surface area contributed by atoms with Gasteiger partial charge in [-0.2, -0.15) is 0 Å². The molecule has 1 aromatic heterocycles. The molecule has 11 aliphatic carbocycles. The van der Waals surface area contributed by atoms with Gasteiger partial charge in [0.15, 0.2) is 11.7 Å². The maximum absolute atomic E-state index is 15.6. The topological polar surface area (TPSA) is 219 Å². The third-order valence-corrected chi connectivity index (χ3v) is 27.0. The number of aromatic nitrogens is 2. The van der Waals surface area contributed by atoms with Crippen LogP contribution in [0.4, 0.5) is 0 Å². The van der Waals surface area contributed by atoms with Crippen molar-refractivity contribution in [2.24, 2.45) is 103 Å². The van der Waals surface area contributed by atoms with Crippen molar-refractivity contribution in [3.8, 4) is 0 Å². The quantitative estimate of drug-likeness (QED) is 0.0439. The lowest BCUT2D eigenvalue weighted by atomic mass is 9.31. The highest BCUT2D eigenvalue weighted by Gasteiger charge is 2.83. The molecule has 10 N–H and O–H groups in total. The van der Waals surface area contributed by atoms with Crippen molar-refractivity contribution in [2.45, 2.75) is 173 Å². The highest BCUT2D eigenvalue weighted by molar-refractivity contribution is 8.76. The van der Waals surface area contributed by atoms with Gasteiger partial charge in [-0.25, -0.2) is 4.98 Å². The van der Waals surface area contributed by atoms with Crippen LogP contribution in [-0.4, -0.2) is 120 Å². The molecule has 75 heavy (non-hydrogen) atoms. The molecule has 20 unspecified atom stereocenters. The Hall–Kier alpha value is -2.21. The summed E-state index contributed by atoms with van der Waals surface area (Å²) in [5.41, 5.74) is 9.60. The number of aliphatic hydroxyl groups excluding tert-OH is 5. The maximum Gasteiger partial charge on any atom is 0.190 e. The summed E-state index contributed by atoms with van der Waals surface area (Å²) in [6.07, 6.45) is 21.6. The molecule has 8 saturated carbocycles. The predicted octanol–water partition coefficient (Wildman–Crippen LogP) is 7.10. The number of nitrogens with one attached hydrogen (secondary N) is 2. The van der Waals surface area contributed by atoms with Crippen molar-refractivity contribution in [2.75, 3.05) is 38.2 Å². The minimum Gasteiger partial charge on any atom is -0.396 e. The fourth-order valence-corrected chi connectivity index (χ4v) is 25.6. The average molecular weight is 1070 g/mol. The van der Waals surface area contributed by atoms with E-state index >= 15 is 9.90 Å². The Kier molecular flexibility index (Phi) is 13.0.